The molecule has 6 nitrogen and oxygen atoms in total. The molecule has 2 aromatic heterocycles. The number of H-pyrrole nitrogens is 1. The Balaban J connectivity index is 1.29. The highest BCUT2D eigenvalue weighted by Crippen LogP contribution is 2.32. The predicted molar refractivity (Wildman–Crippen MR) is 102 cm³/mol. The maximum Gasteiger partial charge on any atom is 0.317 e. The number of aliphatic hydroxyl groups excluding tert-OH is 1. The Hall–Kier alpha value is -2.45. The van der Waals surface area contributed by atoms with Gasteiger partial charge in [0.25, 0.3) is 0 Å². The number of urea groups is 1. The molecule has 0 bridgehead atoms. The molecule has 0 radical (unpaired) electrons. The maximum atomic E-state index is 13.2. The number of amides is 2. The molecule has 1 fully saturated rings. The summed E-state index contributed by atoms with van der Waals surface area (Å²) in [5, 5.41) is 15.3. The van der Waals surface area contributed by atoms with E-state index < -0.39 is 6.10 Å². The fraction of sp³-hybridized carbons (Fsp3) is 0.368. The van der Waals surface area contributed by atoms with Crippen molar-refractivity contribution in [1.29, 1.82) is 0 Å². The highest BCUT2D eigenvalue weighted by molar-refractivity contribution is 7.10. The monoisotopic (exact) mass is 388 g/mol. The Morgan fingerprint density at radius 1 is 1.41 bits per heavy atom. The number of hydrogen-bond donors (Lipinski definition) is 3. The van der Waals surface area contributed by atoms with Crippen molar-refractivity contribution in [2.24, 2.45) is 5.92 Å². The predicted octanol–water partition coefficient (Wildman–Crippen LogP) is 3.42. The number of hydrogen-bond acceptors (Lipinski definition) is 4. The van der Waals surface area contributed by atoms with Crippen molar-refractivity contribution < 1.29 is 14.3 Å². The molecule has 3 N–H and O–H groups in total. The number of carbonyl (C=O) groups excluding carboxylic acids is 1. The number of piperidine rings is 1. The van der Waals surface area contributed by atoms with Crippen molar-refractivity contribution in [2.45, 2.75) is 25.5 Å². The van der Waals surface area contributed by atoms with E-state index in [4.69, 9.17) is 0 Å². The number of likely N-dealkylation sites (tertiary alicyclic amines) is 1. The molecule has 3 aromatic rings. The zero-order chi connectivity index (χ0) is 18.8. The van der Waals surface area contributed by atoms with E-state index in [2.05, 4.69) is 15.3 Å². The van der Waals surface area contributed by atoms with Gasteiger partial charge in [0, 0.05) is 18.0 Å². The van der Waals surface area contributed by atoms with Gasteiger partial charge in [-0.2, -0.15) is 0 Å². The van der Waals surface area contributed by atoms with E-state index in [9.17, 15) is 14.3 Å². The molecule has 0 saturated carbocycles. The van der Waals surface area contributed by atoms with Crippen LogP contribution in [-0.2, 0) is 6.54 Å². The van der Waals surface area contributed by atoms with Gasteiger partial charge in [-0.15, -0.1) is 11.3 Å². The Morgan fingerprint density at radius 2 is 2.22 bits per heavy atom. The molecule has 142 valence electrons. The summed E-state index contributed by atoms with van der Waals surface area (Å²) in [6, 6.07) is 8.10. The summed E-state index contributed by atoms with van der Waals surface area (Å²) >= 11 is 1.56. The van der Waals surface area contributed by atoms with Crippen LogP contribution in [0.25, 0.3) is 11.0 Å². The van der Waals surface area contributed by atoms with Gasteiger partial charge in [0.05, 0.1) is 23.7 Å². The number of aromatic nitrogens is 2. The zero-order valence-electron chi connectivity index (χ0n) is 14.7. The van der Waals surface area contributed by atoms with Crippen molar-refractivity contribution in [1.82, 2.24) is 20.2 Å². The Morgan fingerprint density at radius 3 is 2.96 bits per heavy atom. The van der Waals surface area contributed by atoms with E-state index in [1.54, 1.807) is 22.3 Å². The second-order valence-electron chi connectivity index (χ2n) is 6.79. The fourth-order valence-corrected chi connectivity index (χ4v) is 4.30. The van der Waals surface area contributed by atoms with Gasteiger partial charge in [-0.25, -0.2) is 14.2 Å². The number of imidazole rings is 1. The minimum absolute atomic E-state index is 0.147. The average molecular weight is 388 g/mol. The van der Waals surface area contributed by atoms with E-state index >= 15 is 0 Å². The molecule has 0 unspecified atom stereocenters. The van der Waals surface area contributed by atoms with Gasteiger partial charge in [-0.05, 0) is 48.4 Å². The van der Waals surface area contributed by atoms with Crippen LogP contribution >= 0.6 is 11.3 Å². The normalized spacial score (nSPS) is 16.6. The van der Waals surface area contributed by atoms with Crippen LogP contribution in [0.1, 0.15) is 29.6 Å². The first-order valence-electron chi connectivity index (χ1n) is 8.98. The molecular weight excluding hydrogens is 367 g/mol. The number of rotatable bonds is 4. The standard InChI is InChI=1S/C19H21FN4O2S/c20-13-3-4-14-15(10-13)23-17(22-14)11-21-19(26)24-7-5-12(6-8-24)18(25)16-2-1-9-27-16/h1-4,9-10,12,18,25H,5-8,11H2,(H,21,26)(H,22,23)/t18-/m1/s1. The lowest BCUT2D eigenvalue weighted by molar-refractivity contribution is 0.0689. The third-order valence-electron chi connectivity index (χ3n) is 5.01. The summed E-state index contributed by atoms with van der Waals surface area (Å²) < 4.78 is 13.2. The third-order valence-corrected chi connectivity index (χ3v) is 5.95. The maximum absolute atomic E-state index is 13.2. The summed E-state index contributed by atoms with van der Waals surface area (Å²) in [4.78, 5) is 22.5. The van der Waals surface area contributed by atoms with E-state index in [1.807, 2.05) is 17.5 Å². The summed E-state index contributed by atoms with van der Waals surface area (Å²) in [5.74, 6) is 0.444. The van der Waals surface area contributed by atoms with Crippen LogP contribution in [-0.4, -0.2) is 39.1 Å². The first-order chi connectivity index (χ1) is 13.1. The zero-order valence-corrected chi connectivity index (χ0v) is 15.5. The van der Waals surface area contributed by atoms with Crippen molar-refractivity contribution in [3.05, 3.63) is 52.2 Å². The van der Waals surface area contributed by atoms with E-state index in [1.165, 1.54) is 12.1 Å². The molecule has 4 rings (SSSR count). The number of aromatic amines is 1. The van der Waals surface area contributed by atoms with Crippen LogP contribution in [0, 0.1) is 11.7 Å². The minimum Gasteiger partial charge on any atom is -0.387 e. The number of benzene rings is 1. The molecule has 1 aliphatic rings. The van der Waals surface area contributed by atoms with E-state index in [0.29, 0.717) is 29.9 Å². The van der Waals surface area contributed by atoms with Crippen molar-refractivity contribution in [3.8, 4) is 0 Å². The van der Waals surface area contributed by atoms with Gasteiger partial charge in [-0.3, -0.25) is 0 Å². The molecular formula is C19H21FN4O2S. The largest absolute Gasteiger partial charge is 0.387 e. The molecule has 2 amide bonds. The molecule has 0 aliphatic carbocycles. The van der Waals surface area contributed by atoms with Crippen LogP contribution < -0.4 is 5.32 Å². The number of nitrogens with zero attached hydrogens (tertiary/aromatic N) is 2. The molecule has 1 saturated heterocycles. The van der Waals surface area contributed by atoms with Gasteiger partial charge in [0.2, 0.25) is 0 Å². The molecule has 3 heterocycles. The van der Waals surface area contributed by atoms with Crippen LogP contribution in [0.2, 0.25) is 0 Å². The van der Waals surface area contributed by atoms with Crippen LogP contribution in [0.15, 0.2) is 35.7 Å². The lowest BCUT2D eigenvalue weighted by Gasteiger charge is -2.33. The van der Waals surface area contributed by atoms with Crippen LogP contribution in [0.3, 0.4) is 0 Å². The quantitative estimate of drug-likeness (QED) is 0.641. The van der Waals surface area contributed by atoms with E-state index in [-0.39, 0.29) is 24.3 Å². The molecule has 27 heavy (non-hydrogen) atoms. The Labute approximate surface area is 160 Å². The second-order valence-corrected chi connectivity index (χ2v) is 7.77. The van der Waals surface area contributed by atoms with Crippen LogP contribution in [0.5, 0.6) is 0 Å². The van der Waals surface area contributed by atoms with Gasteiger partial charge in [-0.1, -0.05) is 6.07 Å². The summed E-state index contributed by atoms with van der Waals surface area (Å²) in [7, 11) is 0. The Kier molecular flexibility index (Phi) is 5.09. The minimum atomic E-state index is -0.453. The lowest BCUT2D eigenvalue weighted by Crippen LogP contribution is -2.45. The molecule has 1 atom stereocenters. The van der Waals surface area contributed by atoms with Crippen molar-refractivity contribution in [2.75, 3.05) is 13.1 Å². The van der Waals surface area contributed by atoms with Gasteiger partial charge < -0.3 is 20.3 Å². The van der Waals surface area contributed by atoms with Crippen molar-refractivity contribution >= 4 is 28.4 Å². The Bertz CT molecular complexity index is 919. The first kappa shape index (κ1) is 17.9. The highest BCUT2D eigenvalue weighted by Gasteiger charge is 2.28. The van der Waals surface area contributed by atoms with Gasteiger partial charge in [0.1, 0.15) is 11.6 Å². The average Bonchev–Trinajstić information content (AvgIpc) is 3.35. The SMILES string of the molecule is O=C(NCc1nc2ccc(F)cc2[nH]1)N1CCC([C@@H](O)c2cccs2)CC1. The summed E-state index contributed by atoms with van der Waals surface area (Å²) in [5.41, 5.74) is 1.28. The van der Waals surface area contributed by atoms with Gasteiger partial charge in [0.15, 0.2) is 0 Å². The number of nitrogens with one attached hydrogen (secondary N) is 2. The number of aliphatic hydroxyl groups is 1. The highest BCUT2D eigenvalue weighted by atomic mass is 32.1. The fourth-order valence-electron chi connectivity index (χ4n) is 3.50. The third kappa shape index (κ3) is 3.96. The summed E-state index contributed by atoms with van der Waals surface area (Å²) in [6.07, 6.45) is 1.10. The number of halogens is 1. The van der Waals surface area contributed by atoms with Gasteiger partial charge >= 0.3 is 6.03 Å². The molecule has 1 aromatic carbocycles. The number of thiophene rings is 1. The topological polar surface area (TPSA) is 81.2 Å². The lowest BCUT2D eigenvalue weighted by atomic mass is 9.90. The number of fused-ring (bicyclic) bond motifs is 1. The van der Waals surface area contributed by atoms with E-state index in [0.717, 1.165) is 17.7 Å². The smallest absolute Gasteiger partial charge is 0.317 e. The molecule has 8 heteroatoms. The molecule has 1 aliphatic heterocycles. The second kappa shape index (κ2) is 7.66. The number of carbonyl (C=O) groups is 1. The summed E-state index contributed by atoms with van der Waals surface area (Å²) in [6.45, 7) is 1.49. The first-order valence-corrected chi connectivity index (χ1v) is 9.86. The van der Waals surface area contributed by atoms with Crippen LogP contribution in [0.4, 0.5) is 9.18 Å². The molecule has 0 spiro atoms. The van der Waals surface area contributed by atoms with Crippen molar-refractivity contribution in [3.63, 3.8) is 0 Å².